The molecule has 9 aromatic carbocycles. The second kappa shape index (κ2) is 16.0. The molecule has 0 aliphatic heterocycles. The molecule has 0 aliphatic rings. The van der Waals surface area contributed by atoms with Gasteiger partial charge in [-0.2, -0.15) is 0 Å². The van der Waals surface area contributed by atoms with E-state index in [0.29, 0.717) is 17.5 Å². The van der Waals surface area contributed by atoms with Crippen LogP contribution in [0.1, 0.15) is 0 Å². The molecule has 0 atom stereocenters. The molecule has 0 radical (unpaired) electrons. The molecule has 0 fully saturated rings. The molecule has 5 nitrogen and oxygen atoms in total. The first-order valence-corrected chi connectivity index (χ1v) is 20.8. The van der Waals surface area contributed by atoms with Gasteiger partial charge in [-0.05, 0) is 81.9 Å². The molecule has 2 heterocycles. The summed E-state index contributed by atoms with van der Waals surface area (Å²) in [7, 11) is 0. The third kappa shape index (κ3) is 6.97. The normalized spacial score (nSPS) is 11.2. The molecule has 0 unspecified atom stereocenters. The Hall–Kier alpha value is -8.41. The van der Waals surface area contributed by atoms with Gasteiger partial charge in [0.2, 0.25) is 0 Å². The van der Waals surface area contributed by atoms with Gasteiger partial charge >= 0.3 is 0 Å². The monoisotopic (exact) mass is 794 g/mol. The van der Waals surface area contributed by atoms with Gasteiger partial charge in [-0.3, -0.25) is 0 Å². The second-order valence-electron chi connectivity index (χ2n) is 15.2. The number of furan rings is 1. The van der Waals surface area contributed by atoms with Crippen molar-refractivity contribution in [3.05, 3.63) is 231 Å². The number of para-hydroxylation sites is 1. The maximum Gasteiger partial charge on any atom is 0.167 e. The molecule has 0 amide bonds. The number of anilines is 3. The Balaban J connectivity index is 1.06. The first-order valence-electron chi connectivity index (χ1n) is 20.8. The third-order valence-electron chi connectivity index (χ3n) is 11.3. The number of rotatable bonds is 9. The van der Waals surface area contributed by atoms with Gasteiger partial charge in [0.1, 0.15) is 11.2 Å². The van der Waals surface area contributed by atoms with E-state index < -0.39 is 0 Å². The molecule has 0 spiro atoms. The lowest BCUT2D eigenvalue weighted by Crippen LogP contribution is -2.10. The minimum atomic E-state index is 0.547. The van der Waals surface area contributed by atoms with Gasteiger partial charge in [-0.25, -0.2) is 15.0 Å². The summed E-state index contributed by atoms with van der Waals surface area (Å²) in [5.41, 5.74) is 14.1. The van der Waals surface area contributed by atoms with Crippen LogP contribution in [0.3, 0.4) is 0 Å². The Morgan fingerprint density at radius 1 is 0.306 bits per heavy atom. The number of hydrogen-bond acceptors (Lipinski definition) is 5. The largest absolute Gasteiger partial charge is 0.455 e. The molecular weight excluding hydrogens is 757 g/mol. The summed E-state index contributed by atoms with van der Waals surface area (Å²) in [6.07, 6.45) is 0. The van der Waals surface area contributed by atoms with Crippen molar-refractivity contribution in [2.45, 2.75) is 0 Å². The van der Waals surface area contributed by atoms with Crippen LogP contribution in [0.25, 0.3) is 89.5 Å². The summed E-state index contributed by atoms with van der Waals surface area (Å²) >= 11 is 0. The van der Waals surface area contributed by atoms with E-state index in [2.05, 4.69) is 163 Å². The number of aromatic nitrogens is 3. The molecule has 0 aliphatic carbocycles. The molecule has 292 valence electrons. The van der Waals surface area contributed by atoms with Gasteiger partial charge in [0.05, 0.1) is 5.56 Å². The summed E-state index contributed by atoms with van der Waals surface area (Å²) in [4.78, 5) is 17.4. The maximum absolute atomic E-state index is 6.79. The molecule has 11 rings (SSSR count). The summed E-state index contributed by atoms with van der Waals surface area (Å²) in [6.45, 7) is 0. The first kappa shape index (κ1) is 36.7. The lowest BCUT2D eigenvalue weighted by molar-refractivity contribution is 0.669. The molecule has 62 heavy (non-hydrogen) atoms. The van der Waals surface area contributed by atoms with Crippen LogP contribution in [0.15, 0.2) is 235 Å². The molecule has 0 saturated heterocycles. The van der Waals surface area contributed by atoms with Crippen LogP contribution >= 0.6 is 0 Å². The Morgan fingerprint density at radius 3 is 1.29 bits per heavy atom. The number of benzene rings is 9. The fourth-order valence-corrected chi connectivity index (χ4v) is 8.30. The highest BCUT2D eigenvalue weighted by atomic mass is 16.3. The molecule has 2 aromatic heterocycles. The number of hydrogen-bond donors (Lipinski definition) is 0. The van der Waals surface area contributed by atoms with Gasteiger partial charge in [-0.15, -0.1) is 0 Å². The lowest BCUT2D eigenvalue weighted by atomic mass is 9.96. The zero-order valence-electron chi connectivity index (χ0n) is 33.6. The summed E-state index contributed by atoms with van der Waals surface area (Å²) < 4.78 is 6.79. The fourth-order valence-electron chi connectivity index (χ4n) is 8.30. The van der Waals surface area contributed by atoms with E-state index in [1.807, 2.05) is 72.8 Å². The number of fused-ring (bicyclic) bond motifs is 3. The third-order valence-corrected chi connectivity index (χ3v) is 11.3. The lowest BCUT2D eigenvalue weighted by Gasteiger charge is -2.26. The van der Waals surface area contributed by atoms with Gasteiger partial charge in [0.15, 0.2) is 17.5 Å². The van der Waals surface area contributed by atoms with Crippen LogP contribution in [0.2, 0.25) is 0 Å². The van der Waals surface area contributed by atoms with Gasteiger partial charge < -0.3 is 9.32 Å². The van der Waals surface area contributed by atoms with Crippen molar-refractivity contribution in [1.82, 2.24) is 15.0 Å². The van der Waals surface area contributed by atoms with Crippen molar-refractivity contribution in [3.63, 3.8) is 0 Å². The molecule has 0 saturated carbocycles. The highest BCUT2D eigenvalue weighted by Crippen LogP contribution is 2.44. The van der Waals surface area contributed by atoms with Crippen molar-refractivity contribution in [3.8, 4) is 67.5 Å². The fraction of sp³-hybridized carbons (Fsp3) is 0. The van der Waals surface area contributed by atoms with E-state index in [1.165, 1.54) is 22.3 Å². The van der Waals surface area contributed by atoms with Crippen molar-refractivity contribution < 1.29 is 4.42 Å². The van der Waals surface area contributed by atoms with Gasteiger partial charge in [0, 0.05) is 39.0 Å². The average molecular weight is 795 g/mol. The highest BCUT2D eigenvalue weighted by molar-refractivity contribution is 6.16. The van der Waals surface area contributed by atoms with Crippen molar-refractivity contribution in [2.24, 2.45) is 0 Å². The Labute approximate surface area is 359 Å². The van der Waals surface area contributed by atoms with Crippen LogP contribution < -0.4 is 4.90 Å². The smallest absolute Gasteiger partial charge is 0.167 e. The van der Waals surface area contributed by atoms with E-state index in [4.69, 9.17) is 19.4 Å². The standard InChI is InChI=1S/C57H38N4O/c1-5-16-39(17-6-1)41-28-32-46(33-29-41)61(47-34-30-42(31-35-47)40-18-7-2-8-19-40)48-25-15-24-45(38-48)49-36-37-51(54-53(49)50-26-13-14-27-52(50)62-54)57-59-55(43-20-9-3-10-21-43)58-56(60-57)44-22-11-4-12-23-44/h1-38H. The van der Waals surface area contributed by atoms with Crippen LogP contribution in [0.4, 0.5) is 17.1 Å². The Kier molecular flexibility index (Phi) is 9.45. The Morgan fingerprint density at radius 2 is 0.742 bits per heavy atom. The minimum absolute atomic E-state index is 0.547. The molecule has 0 bridgehead atoms. The van der Waals surface area contributed by atoms with Crippen molar-refractivity contribution >= 4 is 39.0 Å². The van der Waals surface area contributed by atoms with Crippen LogP contribution in [0.5, 0.6) is 0 Å². The predicted molar refractivity (Wildman–Crippen MR) is 254 cm³/mol. The zero-order valence-corrected chi connectivity index (χ0v) is 33.6. The van der Waals surface area contributed by atoms with E-state index in [0.717, 1.165) is 66.8 Å². The zero-order chi connectivity index (χ0) is 41.2. The minimum Gasteiger partial charge on any atom is -0.455 e. The molecular formula is C57H38N4O. The predicted octanol–water partition coefficient (Wildman–Crippen LogP) is 15.2. The van der Waals surface area contributed by atoms with Crippen LogP contribution in [0, 0.1) is 0 Å². The van der Waals surface area contributed by atoms with E-state index in [1.54, 1.807) is 0 Å². The average Bonchev–Trinajstić information content (AvgIpc) is 3.75. The van der Waals surface area contributed by atoms with E-state index in [9.17, 15) is 0 Å². The summed E-state index contributed by atoms with van der Waals surface area (Å²) in [5, 5.41) is 2.03. The van der Waals surface area contributed by atoms with E-state index in [-0.39, 0.29) is 0 Å². The number of nitrogens with zero attached hydrogens (tertiary/aromatic N) is 4. The summed E-state index contributed by atoms with van der Waals surface area (Å²) in [5.74, 6) is 1.75. The van der Waals surface area contributed by atoms with Crippen molar-refractivity contribution in [2.75, 3.05) is 4.90 Å². The molecule has 5 heteroatoms. The van der Waals surface area contributed by atoms with Gasteiger partial charge in [-0.1, -0.05) is 182 Å². The topological polar surface area (TPSA) is 55.1 Å². The Bertz CT molecular complexity index is 3170. The van der Waals surface area contributed by atoms with Crippen LogP contribution in [-0.2, 0) is 0 Å². The highest BCUT2D eigenvalue weighted by Gasteiger charge is 2.22. The molecule has 0 N–H and O–H groups in total. The van der Waals surface area contributed by atoms with Crippen molar-refractivity contribution in [1.29, 1.82) is 0 Å². The first-order chi connectivity index (χ1) is 30.7. The second-order valence-corrected chi connectivity index (χ2v) is 15.2. The summed E-state index contributed by atoms with van der Waals surface area (Å²) in [6, 6.07) is 80.0. The van der Waals surface area contributed by atoms with Crippen LogP contribution in [-0.4, -0.2) is 15.0 Å². The SMILES string of the molecule is c1ccc(-c2ccc(N(c3ccc(-c4ccccc4)cc3)c3cccc(-c4ccc(-c5nc(-c6ccccc6)nc(-c6ccccc6)n5)c5oc6ccccc6c45)c3)cc2)cc1. The quantitative estimate of drug-likeness (QED) is 0.146. The van der Waals surface area contributed by atoms with E-state index >= 15 is 0 Å². The maximum atomic E-state index is 6.79. The van der Waals surface area contributed by atoms with Gasteiger partial charge in [0.25, 0.3) is 0 Å². The molecule has 11 aromatic rings.